The fourth-order valence-electron chi connectivity index (χ4n) is 2.64. The number of esters is 1. The van der Waals surface area contributed by atoms with Gasteiger partial charge in [-0.1, -0.05) is 13.3 Å². The van der Waals surface area contributed by atoms with Crippen molar-refractivity contribution in [2.45, 2.75) is 45.1 Å². The predicted molar refractivity (Wildman–Crippen MR) is 56.2 cm³/mol. The van der Waals surface area contributed by atoms with Crippen LogP contribution in [0.5, 0.6) is 0 Å². The first-order chi connectivity index (χ1) is 7.24. The van der Waals surface area contributed by atoms with Gasteiger partial charge in [-0.2, -0.15) is 0 Å². The van der Waals surface area contributed by atoms with E-state index in [4.69, 9.17) is 9.84 Å². The second kappa shape index (κ2) is 4.52. The highest BCUT2D eigenvalue weighted by molar-refractivity contribution is 5.76. The molecule has 3 heteroatoms. The van der Waals surface area contributed by atoms with E-state index in [0.717, 1.165) is 12.8 Å². The molecule has 0 spiro atoms. The topological polar surface area (TPSA) is 46.5 Å². The molecule has 0 aromatic rings. The van der Waals surface area contributed by atoms with Gasteiger partial charge in [0.1, 0.15) is 6.10 Å². The fourth-order valence-corrected chi connectivity index (χ4v) is 2.64. The lowest BCUT2D eigenvalue weighted by Gasteiger charge is -2.21. The van der Waals surface area contributed by atoms with Crippen molar-refractivity contribution in [3.63, 3.8) is 0 Å². The lowest BCUT2D eigenvalue weighted by molar-refractivity contribution is -0.152. The first kappa shape index (κ1) is 10.9. The van der Waals surface area contributed by atoms with Crippen LogP contribution in [-0.4, -0.2) is 23.8 Å². The van der Waals surface area contributed by atoms with Crippen LogP contribution in [0.25, 0.3) is 0 Å². The van der Waals surface area contributed by atoms with Gasteiger partial charge in [0.2, 0.25) is 0 Å². The zero-order valence-corrected chi connectivity index (χ0v) is 9.32. The highest BCUT2D eigenvalue weighted by atomic mass is 16.5. The van der Waals surface area contributed by atoms with Crippen LogP contribution in [0.2, 0.25) is 0 Å². The van der Waals surface area contributed by atoms with Gasteiger partial charge in [0.15, 0.2) is 0 Å². The van der Waals surface area contributed by atoms with E-state index in [-0.39, 0.29) is 30.5 Å². The van der Waals surface area contributed by atoms with Crippen LogP contribution < -0.4 is 0 Å². The van der Waals surface area contributed by atoms with Gasteiger partial charge in [-0.3, -0.25) is 4.79 Å². The number of rotatable bonds is 3. The smallest absolute Gasteiger partial charge is 0.309 e. The number of hydrogen-bond donors (Lipinski definition) is 1. The number of hydrogen-bond acceptors (Lipinski definition) is 3. The minimum atomic E-state index is -0.0755. The number of carbonyl (C=O) groups is 1. The second-order valence-corrected chi connectivity index (χ2v) is 4.93. The monoisotopic (exact) mass is 212 g/mol. The number of aliphatic hydroxyl groups excluding tert-OH is 1. The number of aliphatic hydroxyl groups is 1. The van der Waals surface area contributed by atoms with E-state index in [1.807, 2.05) is 6.92 Å². The van der Waals surface area contributed by atoms with Crippen molar-refractivity contribution >= 4 is 5.97 Å². The lowest BCUT2D eigenvalue weighted by Crippen LogP contribution is -2.22. The molecule has 0 aromatic carbocycles. The van der Waals surface area contributed by atoms with Crippen molar-refractivity contribution in [2.24, 2.45) is 17.8 Å². The van der Waals surface area contributed by atoms with Gasteiger partial charge in [0, 0.05) is 6.61 Å². The maximum Gasteiger partial charge on any atom is 0.309 e. The highest BCUT2D eigenvalue weighted by Crippen LogP contribution is 2.46. The fraction of sp³-hybridized carbons (Fsp3) is 0.917. The Morgan fingerprint density at radius 3 is 2.53 bits per heavy atom. The van der Waals surface area contributed by atoms with Crippen LogP contribution >= 0.6 is 0 Å². The van der Waals surface area contributed by atoms with Gasteiger partial charge >= 0.3 is 5.97 Å². The van der Waals surface area contributed by atoms with Gasteiger partial charge < -0.3 is 9.84 Å². The summed E-state index contributed by atoms with van der Waals surface area (Å²) in [6.45, 7) is 2.12. The van der Waals surface area contributed by atoms with Crippen LogP contribution in [0.3, 0.4) is 0 Å². The predicted octanol–water partition coefficient (Wildman–Crippen LogP) is 1.74. The van der Waals surface area contributed by atoms with Crippen LogP contribution in [0.1, 0.15) is 39.0 Å². The molecule has 2 aliphatic carbocycles. The number of ether oxygens (including phenoxy) is 1. The Kier molecular flexibility index (Phi) is 3.29. The van der Waals surface area contributed by atoms with Gasteiger partial charge in [0.05, 0.1) is 5.92 Å². The van der Waals surface area contributed by atoms with Gasteiger partial charge in [-0.05, 0) is 37.5 Å². The van der Waals surface area contributed by atoms with Crippen molar-refractivity contribution in [3.05, 3.63) is 0 Å². The lowest BCUT2D eigenvalue weighted by atomic mass is 9.98. The Morgan fingerprint density at radius 2 is 2.00 bits per heavy atom. The molecular weight excluding hydrogens is 192 g/mol. The van der Waals surface area contributed by atoms with E-state index in [1.54, 1.807) is 0 Å². The zero-order valence-electron chi connectivity index (χ0n) is 9.32. The molecule has 0 aliphatic heterocycles. The highest BCUT2D eigenvalue weighted by Gasteiger charge is 2.52. The van der Waals surface area contributed by atoms with Gasteiger partial charge in [0.25, 0.3) is 0 Å². The van der Waals surface area contributed by atoms with Crippen LogP contribution in [0.4, 0.5) is 0 Å². The molecule has 0 aromatic heterocycles. The molecule has 2 saturated carbocycles. The van der Waals surface area contributed by atoms with Gasteiger partial charge in [-0.25, -0.2) is 0 Å². The zero-order chi connectivity index (χ0) is 10.8. The Balaban J connectivity index is 1.77. The molecule has 2 fully saturated rings. The summed E-state index contributed by atoms with van der Waals surface area (Å²) < 4.78 is 5.47. The van der Waals surface area contributed by atoms with Gasteiger partial charge in [-0.15, -0.1) is 0 Å². The summed E-state index contributed by atoms with van der Waals surface area (Å²) in [5.41, 5.74) is 0. The summed E-state index contributed by atoms with van der Waals surface area (Å²) >= 11 is 0. The minimum absolute atomic E-state index is 0.0306. The first-order valence-electron chi connectivity index (χ1n) is 6.05. The molecule has 86 valence electrons. The van der Waals surface area contributed by atoms with Crippen molar-refractivity contribution in [1.82, 2.24) is 0 Å². The third kappa shape index (κ3) is 2.33. The molecule has 0 amide bonds. The average molecular weight is 212 g/mol. The molecule has 3 nitrogen and oxygen atoms in total. The SMILES string of the molecule is CC1C(CO)C1C(=O)OC1CCCCC1. The Labute approximate surface area is 90.8 Å². The van der Waals surface area contributed by atoms with E-state index in [2.05, 4.69) is 0 Å². The van der Waals surface area contributed by atoms with E-state index in [0.29, 0.717) is 5.92 Å². The summed E-state index contributed by atoms with van der Waals surface area (Å²) in [4.78, 5) is 11.7. The summed E-state index contributed by atoms with van der Waals surface area (Å²) in [6.07, 6.45) is 5.84. The molecule has 0 bridgehead atoms. The standard InChI is InChI=1S/C12H20O3/c1-8-10(7-13)11(8)12(14)15-9-5-3-2-4-6-9/h8-11,13H,2-7H2,1H3. The van der Waals surface area contributed by atoms with Crippen molar-refractivity contribution in [3.8, 4) is 0 Å². The Bertz CT molecular complexity index is 233. The third-order valence-corrected chi connectivity index (χ3v) is 3.88. The van der Waals surface area contributed by atoms with E-state index in [9.17, 15) is 4.79 Å². The normalized spacial score (nSPS) is 36.3. The van der Waals surface area contributed by atoms with Crippen molar-refractivity contribution < 1.29 is 14.6 Å². The van der Waals surface area contributed by atoms with E-state index >= 15 is 0 Å². The Morgan fingerprint density at radius 1 is 1.33 bits per heavy atom. The van der Waals surface area contributed by atoms with Crippen LogP contribution in [-0.2, 0) is 9.53 Å². The molecule has 2 rings (SSSR count). The van der Waals surface area contributed by atoms with Crippen LogP contribution in [0.15, 0.2) is 0 Å². The maximum absolute atomic E-state index is 11.7. The molecule has 15 heavy (non-hydrogen) atoms. The summed E-state index contributed by atoms with van der Waals surface area (Å²) in [6, 6.07) is 0. The summed E-state index contributed by atoms with van der Waals surface area (Å²) in [7, 11) is 0. The molecule has 1 N–H and O–H groups in total. The molecule has 2 aliphatic rings. The number of carbonyl (C=O) groups excluding carboxylic acids is 1. The summed E-state index contributed by atoms with van der Waals surface area (Å²) in [5, 5.41) is 8.99. The molecule has 0 saturated heterocycles. The second-order valence-electron chi connectivity index (χ2n) is 4.93. The third-order valence-electron chi connectivity index (χ3n) is 3.88. The van der Waals surface area contributed by atoms with Crippen molar-refractivity contribution in [1.29, 1.82) is 0 Å². The maximum atomic E-state index is 11.7. The van der Waals surface area contributed by atoms with E-state index in [1.165, 1.54) is 19.3 Å². The average Bonchev–Trinajstić information content (AvgIpc) is 2.90. The first-order valence-corrected chi connectivity index (χ1v) is 6.05. The Hall–Kier alpha value is -0.570. The van der Waals surface area contributed by atoms with E-state index < -0.39 is 0 Å². The summed E-state index contributed by atoms with van der Waals surface area (Å²) in [5.74, 6) is 0.359. The minimum Gasteiger partial charge on any atom is -0.462 e. The molecule has 3 atom stereocenters. The molecule has 0 heterocycles. The quantitative estimate of drug-likeness (QED) is 0.725. The largest absolute Gasteiger partial charge is 0.462 e. The van der Waals surface area contributed by atoms with Crippen molar-refractivity contribution in [2.75, 3.05) is 6.61 Å². The molecule has 3 unspecified atom stereocenters. The van der Waals surface area contributed by atoms with Crippen LogP contribution in [0, 0.1) is 17.8 Å². The molecular formula is C12H20O3. The molecule has 0 radical (unpaired) electrons.